The number of rotatable bonds is 11. The number of carbonyl (C=O) groups is 3. The van der Waals surface area contributed by atoms with Crippen molar-refractivity contribution in [3.05, 3.63) is 77.4 Å². The molecule has 0 spiro atoms. The Balaban J connectivity index is 1.74. The Morgan fingerprint density at radius 2 is 1.35 bits per heavy atom. The lowest BCUT2D eigenvalue weighted by Crippen LogP contribution is -2.23. The van der Waals surface area contributed by atoms with Gasteiger partial charge in [-0.3, -0.25) is 0 Å². The van der Waals surface area contributed by atoms with E-state index in [-0.39, 0.29) is 5.97 Å². The second-order valence-corrected chi connectivity index (χ2v) is 9.19. The maximum atomic E-state index is 12.4. The Hall–Kier alpha value is -3.41. The molecule has 0 bridgehead atoms. The molecule has 2 rings (SSSR count). The van der Waals surface area contributed by atoms with Crippen molar-refractivity contribution in [2.24, 2.45) is 0 Å². The third-order valence-electron chi connectivity index (χ3n) is 4.83. The van der Waals surface area contributed by atoms with E-state index in [4.69, 9.17) is 14.2 Å². The molecule has 182 valence electrons. The third-order valence-corrected chi connectivity index (χ3v) is 4.83. The molecule has 0 fully saturated rings. The van der Waals surface area contributed by atoms with Crippen molar-refractivity contribution in [2.45, 2.75) is 65.4 Å². The molecule has 0 aromatic heterocycles. The first-order valence-electron chi connectivity index (χ1n) is 11.5. The van der Waals surface area contributed by atoms with Crippen LogP contribution in [0.25, 0.3) is 0 Å². The zero-order chi connectivity index (χ0) is 25.1. The summed E-state index contributed by atoms with van der Waals surface area (Å²) < 4.78 is 15.8. The molecular formula is C28H34O6. The number of hydrogen-bond donors (Lipinski definition) is 0. The van der Waals surface area contributed by atoms with Crippen LogP contribution in [0, 0.1) is 0 Å². The number of benzene rings is 2. The topological polar surface area (TPSA) is 78.9 Å². The number of aryl methyl sites for hydroxylation is 1. The van der Waals surface area contributed by atoms with E-state index < -0.39 is 17.5 Å². The van der Waals surface area contributed by atoms with Crippen LogP contribution in [0.15, 0.2) is 60.7 Å². The van der Waals surface area contributed by atoms with Gasteiger partial charge >= 0.3 is 17.9 Å². The van der Waals surface area contributed by atoms with Crippen LogP contribution in [0.2, 0.25) is 0 Å². The number of carbonyl (C=O) groups excluding carboxylic acids is 3. The minimum Gasteiger partial charge on any atom is -0.462 e. The zero-order valence-electron chi connectivity index (χ0n) is 20.5. The molecule has 0 aliphatic rings. The molecule has 0 N–H and O–H groups in total. The first-order chi connectivity index (χ1) is 16.0. The van der Waals surface area contributed by atoms with Gasteiger partial charge in [0.2, 0.25) is 0 Å². The highest BCUT2D eigenvalue weighted by Gasteiger charge is 2.18. The maximum absolute atomic E-state index is 12.4. The molecule has 0 saturated carbocycles. The van der Waals surface area contributed by atoms with Gasteiger partial charge in [0.25, 0.3) is 0 Å². The normalized spacial score (nSPS) is 10.9. The van der Waals surface area contributed by atoms with Crippen molar-refractivity contribution < 1.29 is 28.6 Å². The van der Waals surface area contributed by atoms with E-state index in [0.717, 1.165) is 37.7 Å². The summed E-state index contributed by atoms with van der Waals surface area (Å²) in [6.45, 7) is 11.0. The molecule has 0 aliphatic carbocycles. The predicted molar refractivity (Wildman–Crippen MR) is 131 cm³/mol. The molecule has 2 aromatic carbocycles. The number of esters is 3. The summed E-state index contributed by atoms with van der Waals surface area (Å²) in [6, 6.07) is 13.7. The molecule has 34 heavy (non-hydrogen) atoms. The van der Waals surface area contributed by atoms with Gasteiger partial charge < -0.3 is 14.2 Å². The van der Waals surface area contributed by atoms with Crippen LogP contribution in [0.4, 0.5) is 0 Å². The lowest BCUT2D eigenvalue weighted by Gasteiger charge is -2.19. The molecule has 0 atom stereocenters. The highest BCUT2D eigenvalue weighted by molar-refractivity contribution is 5.92. The summed E-state index contributed by atoms with van der Waals surface area (Å²) in [7, 11) is 0. The monoisotopic (exact) mass is 466 g/mol. The van der Waals surface area contributed by atoms with Crippen LogP contribution < -0.4 is 4.74 Å². The highest BCUT2D eigenvalue weighted by Crippen LogP contribution is 2.18. The van der Waals surface area contributed by atoms with E-state index in [0.29, 0.717) is 29.1 Å². The molecule has 0 saturated heterocycles. The van der Waals surface area contributed by atoms with Crippen molar-refractivity contribution in [2.75, 3.05) is 6.61 Å². The average Bonchev–Trinajstić information content (AvgIpc) is 2.77. The summed E-state index contributed by atoms with van der Waals surface area (Å²) in [5, 5.41) is 0. The standard InChI is InChI=1S/C28H34O6/c1-20(2)25(29)32-19-9-7-6-8-10-21-11-13-22(14-12-21)26(30)33-24-17-15-23(16-18-24)27(31)34-28(3,4)5/h11-18H,1,6-10,19H2,2-5H3. The largest absolute Gasteiger partial charge is 0.462 e. The van der Waals surface area contributed by atoms with Gasteiger partial charge in [0.05, 0.1) is 17.7 Å². The summed E-state index contributed by atoms with van der Waals surface area (Å²) in [5.74, 6) is -0.861. The molecule has 0 heterocycles. The van der Waals surface area contributed by atoms with Crippen LogP contribution in [0.5, 0.6) is 5.75 Å². The minimum absolute atomic E-state index is 0.337. The molecule has 6 nitrogen and oxygen atoms in total. The zero-order valence-corrected chi connectivity index (χ0v) is 20.5. The Kier molecular flexibility index (Phi) is 10.0. The molecule has 0 unspecified atom stereocenters. The lowest BCUT2D eigenvalue weighted by molar-refractivity contribution is -0.139. The fraction of sp³-hybridized carbons (Fsp3) is 0.393. The maximum Gasteiger partial charge on any atom is 0.343 e. The van der Waals surface area contributed by atoms with Gasteiger partial charge in [-0.1, -0.05) is 31.6 Å². The molecule has 0 amide bonds. The fourth-order valence-electron chi connectivity index (χ4n) is 3.04. The Bertz CT molecular complexity index is 981. The SMILES string of the molecule is C=C(C)C(=O)OCCCCCCc1ccc(C(=O)Oc2ccc(C(=O)OC(C)(C)C)cc2)cc1. The summed E-state index contributed by atoms with van der Waals surface area (Å²) in [6.07, 6.45) is 4.78. The van der Waals surface area contributed by atoms with Crippen LogP contribution in [-0.4, -0.2) is 30.1 Å². The smallest absolute Gasteiger partial charge is 0.343 e. The Labute approximate surface area is 201 Å². The van der Waals surface area contributed by atoms with Crippen LogP contribution >= 0.6 is 0 Å². The first kappa shape index (κ1) is 26.8. The molecule has 0 radical (unpaired) electrons. The van der Waals surface area contributed by atoms with Crippen molar-refractivity contribution in [1.29, 1.82) is 0 Å². The van der Waals surface area contributed by atoms with E-state index in [1.54, 1.807) is 64.1 Å². The Morgan fingerprint density at radius 1 is 0.794 bits per heavy atom. The van der Waals surface area contributed by atoms with Crippen molar-refractivity contribution in [3.63, 3.8) is 0 Å². The first-order valence-corrected chi connectivity index (χ1v) is 11.5. The van der Waals surface area contributed by atoms with Gasteiger partial charge in [0.15, 0.2) is 0 Å². The quantitative estimate of drug-likeness (QED) is 0.173. The van der Waals surface area contributed by atoms with E-state index >= 15 is 0 Å². The third kappa shape index (κ3) is 9.61. The van der Waals surface area contributed by atoms with E-state index in [2.05, 4.69) is 6.58 Å². The van der Waals surface area contributed by atoms with Gasteiger partial charge in [0, 0.05) is 5.57 Å². The van der Waals surface area contributed by atoms with Crippen molar-refractivity contribution in [3.8, 4) is 5.75 Å². The van der Waals surface area contributed by atoms with Gasteiger partial charge in [-0.2, -0.15) is 0 Å². The lowest BCUT2D eigenvalue weighted by atomic mass is 10.0. The van der Waals surface area contributed by atoms with E-state index in [9.17, 15) is 14.4 Å². The van der Waals surface area contributed by atoms with Gasteiger partial charge in [-0.05, 0) is 88.9 Å². The molecular weight excluding hydrogens is 432 g/mol. The second kappa shape index (κ2) is 12.7. The van der Waals surface area contributed by atoms with Crippen LogP contribution in [0.3, 0.4) is 0 Å². The average molecular weight is 467 g/mol. The number of ether oxygens (including phenoxy) is 3. The van der Waals surface area contributed by atoms with E-state index in [1.807, 2.05) is 12.1 Å². The fourth-order valence-corrected chi connectivity index (χ4v) is 3.04. The number of unbranched alkanes of at least 4 members (excludes halogenated alkanes) is 3. The predicted octanol–water partition coefficient (Wildman–Crippen LogP) is 6.08. The van der Waals surface area contributed by atoms with Gasteiger partial charge in [0.1, 0.15) is 11.4 Å². The summed E-state index contributed by atoms with van der Waals surface area (Å²) in [5.41, 5.74) is 1.84. The minimum atomic E-state index is -0.574. The molecule has 6 heteroatoms. The summed E-state index contributed by atoms with van der Waals surface area (Å²) >= 11 is 0. The Morgan fingerprint density at radius 3 is 1.94 bits per heavy atom. The van der Waals surface area contributed by atoms with Crippen LogP contribution in [0.1, 0.15) is 79.7 Å². The summed E-state index contributed by atoms with van der Waals surface area (Å²) in [4.78, 5) is 35.8. The molecule has 0 aliphatic heterocycles. The van der Waals surface area contributed by atoms with Crippen LogP contribution in [-0.2, 0) is 20.7 Å². The second-order valence-electron chi connectivity index (χ2n) is 9.19. The van der Waals surface area contributed by atoms with Gasteiger partial charge in [-0.25, -0.2) is 14.4 Å². The highest BCUT2D eigenvalue weighted by atomic mass is 16.6. The van der Waals surface area contributed by atoms with Crippen molar-refractivity contribution >= 4 is 17.9 Å². The molecule has 2 aromatic rings. The van der Waals surface area contributed by atoms with E-state index in [1.165, 1.54) is 0 Å². The van der Waals surface area contributed by atoms with Gasteiger partial charge in [-0.15, -0.1) is 0 Å². The van der Waals surface area contributed by atoms with Crippen molar-refractivity contribution in [1.82, 2.24) is 0 Å². The number of hydrogen-bond acceptors (Lipinski definition) is 6.